The second-order valence-corrected chi connectivity index (χ2v) is 3.97. The number of benzene rings is 1. The topological polar surface area (TPSA) is 55.8 Å². The third-order valence-corrected chi connectivity index (χ3v) is 2.80. The molecular weight excluding hydrogens is 227 g/mol. The maximum Gasteiger partial charge on any atom is 0.348 e. The fourth-order valence-corrected chi connectivity index (χ4v) is 1.82. The highest BCUT2D eigenvalue weighted by molar-refractivity contribution is 5.78. The zero-order valence-corrected chi connectivity index (χ0v) is 9.19. The minimum atomic E-state index is -1.30. The fraction of sp³-hybridized carbons (Fsp3) is 0.417. The average Bonchev–Trinajstić information content (AvgIpc) is 2.30. The summed E-state index contributed by atoms with van der Waals surface area (Å²) in [5.74, 6) is -1.26. The summed E-state index contributed by atoms with van der Waals surface area (Å²) in [7, 11) is 0. The molecule has 1 aromatic carbocycles. The van der Waals surface area contributed by atoms with E-state index in [-0.39, 0.29) is 18.6 Å². The molecule has 1 aliphatic rings. The molecule has 17 heavy (non-hydrogen) atoms. The lowest BCUT2D eigenvalue weighted by Gasteiger charge is -2.33. The van der Waals surface area contributed by atoms with Gasteiger partial charge >= 0.3 is 5.97 Å². The van der Waals surface area contributed by atoms with Crippen LogP contribution >= 0.6 is 0 Å². The largest absolute Gasteiger partial charge is 0.478 e. The second kappa shape index (κ2) is 4.71. The third-order valence-electron chi connectivity index (χ3n) is 2.80. The summed E-state index contributed by atoms with van der Waals surface area (Å²) >= 11 is 0. The van der Waals surface area contributed by atoms with Crippen LogP contribution in [0.3, 0.4) is 0 Å². The number of carbonyl (C=O) groups is 1. The molecule has 1 saturated heterocycles. The number of carboxylic acids is 1. The molecule has 5 heteroatoms. The molecule has 0 aliphatic carbocycles. The molecule has 1 aromatic rings. The van der Waals surface area contributed by atoms with Gasteiger partial charge in [0.15, 0.2) is 0 Å². The van der Waals surface area contributed by atoms with Crippen LogP contribution in [0.2, 0.25) is 0 Å². The van der Waals surface area contributed by atoms with Gasteiger partial charge in [0.1, 0.15) is 11.6 Å². The highest BCUT2D eigenvalue weighted by Gasteiger charge is 2.42. The first-order valence-electron chi connectivity index (χ1n) is 5.38. The SMILES string of the molecule is O=C(O)C1(Oc2cccc(F)c2)CCOCC1. The molecule has 0 bridgehead atoms. The van der Waals surface area contributed by atoms with Crippen LogP contribution in [0.4, 0.5) is 4.39 Å². The van der Waals surface area contributed by atoms with Crippen molar-refractivity contribution in [3.63, 3.8) is 0 Å². The molecule has 2 rings (SSSR count). The Morgan fingerprint density at radius 3 is 2.71 bits per heavy atom. The van der Waals surface area contributed by atoms with Gasteiger partial charge in [0, 0.05) is 18.9 Å². The maximum atomic E-state index is 13.0. The van der Waals surface area contributed by atoms with Crippen LogP contribution in [-0.4, -0.2) is 29.9 Å². The number of halogens is 1. The summed E-state index contributed by atoms with van der Waals surface area (Å²) in [6, 6.07) is 5.49. The summed E-state index contributed by atoms with van der Waals surface area (Å²) < 4.78 is 23.6. The molecule has 1 heterocycles. The number of hydrogen-bond donors (Lipinski definition) is 1. The van der Waals surface area contributed by atoms with Crippen molar-refractivity contribution in [2.75, 3.05) is 13.2 Å². The molecule has 1 N–H and O–H groups in total. The maximum absolute atomic E-state index is 13.0. The highest BCUT2D eigenvalue weighted by Crippen LogP contribution is 2.28. The Balaban J connectivity index is 2.20. The Kier molecular flexibility index (Phi) is 3.28. The molecular formula is C12H13FO4. The van der Waals surface area contributed by atoms with Gasteiger partial charge in [-0.05, 0) is 12.1 Å². The minimum absolute atomic E-state index is 0.231. The Morgan fingerprint density at radius 2 is 2.12 bits per heavy atom. The first-order chi connectivity index (χ1) is 8.12. The lowest BCUT2D eigenvalue weighted by Crippen LogP contribution is -2.49. The van der Waals surface area contributed by atoms with Crippen molar-refractivity contribution in [2.24, 2.45) is 0 Å². The first kappa shape index (κ1) is 11.9. The standard InChI is InChI=1S/C12H13FO4/c13-9-2-1-3-10(8-9)17-12(11(14)15)4-6-16-7-5-12/h1-3,8H,4-7H2,(H,14,15). The van der Waals surface area contributed by atoms with Gasteiger partial charge in [-0.15, -0.1) is 0 Å². The third kappa shape index (κ3) is 2.55. The predicted molar refractivity (Wildman–Crippen MR) is 57.4 cm³/mol. The van der Waals surface area contributed by atoms with Crippen LogP contribution in [0.25, 0.3) is 0 Å². The van der Waals surface area contributed by atoms with E-state index >= 15 is 0 Å². The average molecular weight is 240 g/mol. The van der Waals surface area contributed by atoms with E-state index in [4.69, 9.17) is 9.47 Å². The van der Waals surface area contributed by atoms with E-state index in [1.807, 2.05) is 0 Å². The Morgan fingerprint density at radius 1 is 1.41 bits per heavy atom. The van der Waals surface area contributed by atoms with Gasteiger partial charge in [0.25, 0.3) is 0 Å². The van der Waals surface area contributed by atoms with Gasteiger partial charge in [-0.1, -0.05) is 6.07 Å². The fourth-order valence-electron chi connectivity index (χ4n) is 1.82. The summed E-state index contributed by atoms with van der Waals surface area (Å²) in [6.07, 6.45) is 0.525. The lowest BCUT2D eigenvalue weighted by atomic mass is 9.94. The molecule has 0 amide bonds. The number of hydrogen-bond acceptors (Lipinski definition) is 3. The summed E-state index contributed by atoms with van der Waals surface area (Å²) in [4.78, 5) is 11.3. The zero-order chi connectivity index (χ0) is 12.3. The quantitative estimate of drug-likeness (QED) is 0.875. The van der Waals surface area contributed by atoms with Crippen molar-refractivity contribution in [1.82, 2.24) is 0 Å². The van der Waals surface area contributed by atoms with Gasteiger partial charge in [-0.2, -0.15) is 0 Å². The summed E-state index contributed by atoms with van der Waals surface area (Å²) in [5, 5.41) is 9.25. The zero-order valence-electron chi connectivity index (χ0n) is 9.19. The van der Waals surface area contributed by atoms with Gasteiger partial charge in [0.2, 0.25) is 5.60 Å². The van der Waals surface area contributed by atoms with Crippen molar-refractivity contribution >= 4 is 5.97 Å². The number of carboxylic acid groups (broad SMARTS) is 1. The van der Waals surface area contributed by atoms with Crippen molar-refractivity contribution < 1.29 is 23.8 Å². The van der Waals surface area contributed by atoms with Crippen LogP contribution < -0.4 is 4.74 Å². The van der Waals surface area contributed by atoms with Crippen LogP contribution in [0, 0.1) is 5.82 Å². The molecule has 0 radical (unpaired) electrons. The van der Waals surface area contributed by atoms with E-state index < -0.39 is 17.4 Å². The number of rotatable bonds is 3. The van der Waals surface area contributed by atoms with Crippen molar-refractivity contribution in [3.05, 3.63) is 30.1 Å². The van der Waals surface area contributed by atoms with Crippen molar-refractivity contribution in [3.8, 4) is 5.75 Å². The smallest absolute Gasteiger partial charge is 0.348 e. The van der Waals surface area contributed by atoms with Crippen molar-refractivity contribution in [1.29, 1.82) is 0 Å². The van der Waals surface area contributed by atoms with Crippen LogP contribution in [-0.2, 0) is 9.53 Å². The summed E-state index contributed by atoms with van der Waals surface area (Å²) in [6.45, 7) is 0.670. The molecule has 0 aromatic heterocycles. The van der Waals surface area contributed by atoms with Crippen LogP contribution in [0.5, 0.6) is 5.75 Å². The van der Waals surface area contributed by atoms with E-state index in [0.717, 1.165) is 0 Å². The van der Waals surface area contributed by atoms with E-state index in [1.54, 1.807) is 6.07 Å². The lowest BCUT2D eigenvalue weighted by molar-refractivity contribution is -0.163. The Labute approximate surface area is 98.0 Å². The Bertz CT molecular complexity index is 413. The molecule has 0 unspecified atom stereocenters. The highest BCUT2D eigenvalue weighted by atomic mass is 19.1. The van der Waals surface area contributed by atoms with E-state index in [1.165, 1.54) is 18.2 Å². The normalized spacial score (nSPS) is 18.6. The molecule has 4 nitrogen and oxygen atoms in total. The van der Waals surface area contributed by atoms with E-state index in [0.29, 0.717) is 13.2 Å². The summed E-state index contributed by atoms with van der Waals surface area (Å²) in [5.41, 5.74) is -1.30. The second-order valence-electron chi connectivity index (χ2n) is 3.97. The van der Waals surface area contributed by atoms with Gasteiger partial charge in [-0.25, -0.2) is 9.18 Å². The molecule has 92 valence electrons. The molecule has 1 aliphatic heterocycles. The van der Waals surface area contributed by atoms with Crippen LogP contribution in [0.1, 0.15) is 12.8 Å². The van der Waals surface area contributed by atoms with Gasteiger partial charge < -0.3 is 14.6 Å². The number of ether oxygens (including phenoxy) is 2. The molecule has 0 spiro atoms. The van der Waals surface area contributed by atoms with Gasteiger partial charge in [0.05, 0.1) is 13.2 Å². The van der Waals surface area contributed by atoms with E-state index in [9.17, 15) is 14.3 Å². The first-order valence-corrected chi connectivity index (χ1v) is 5.38. The monoisotopic (exact) mass is 240 g/mol. The minimum Gasteiger partial charge on any atom is -0.478 e. The molecule has 0 atom stereocenters. The van der Waals surface area contributed by atoms with Gasteiger partial charge in [-0.3, -0.25) is 0 Å². The number of aliphatic carboxylic acids is 1. The molecule has 1 fully saturated rings. The molecule has 0 saturated carbocycles. The Hall–Kier alpha value is -1.62. The van der Waals surface area contributed by atoms with E-state index in [2.05, 4.69) is 0 Å². The van der Waals surface area contributed by atoms with Crippen LogP contribution in [0.15, 0.2) is 24.3 Å². The van der Waals surface area contributed by atoms with Crippen molar-refractivity contribution in [2.45, 2.75) is 18.4 Å². The predicted octanol–water partition coefficient (Wildman–Crippen LogP) is 1.84.